The van der Waals surface area contributed by atoms with Crippen molar-refractivity contribution in [2.45, 2.75) is 51.7 Å². The van der Waals surface area contributed by atoms with E-state index in [1.165, 1.54) is 31.4 Å². The first-order valence-corrected chi connectivity index (χ1v) is 7.09. The average Bonchev–Trinajstić information content (AvgIpc) is 2.10. The summed E-state index contributed by atoms with van der Waals surface area (Å²) in [6, 6.07) is 0. The minimum absolute atomic E-state index is 0.822. The molecule has 0 nitrogen and oxygen atoms in total. The van der Waals surface area contributed by atoms with Crippen molar-refractivity contribution in [3.05, 3.63) is 0 Å². The van der Waals surface area contributed by atoms with Crippen LogP contribution in [0, 0.1) is 5.92 Å². The topological polar surface area (TPSA) is 0 Å². The van der Waals surface area contributed by atoms with Gasteiger partial charge in [-0.25, -0.2) is 0 Å². The highest BCUT2D eigenvalue weighted by atomic mass is 32.2. The second kappa shape index (κ2) is 9.26. The Morgan fingerprint density at radius 3 is 2.15 bits per heavy atom. The zero-order valence-electron chi connectivity index (χ0n) is 9.25. The predicted molar refractivity (Wildman–Crippen MR) is 69.1 cm³/mol. The molecule has 0 heterocycles. The molecule has 0 saturated heterocycles. The van der Waals surface area contributed by atoms with Crippen molar-refractivity contribution in [1.29, 1.82) is 0 Å². The number of hydrogen-bond donors (Lipinski definition) is 1. The van der Waals surface area contributed by atoms with Crippen molar-refractivity contribution in [2.75, 3.05) is 11.5 Å². The lowest BCUT2D eigenvalue weighted by molar-refractivity contribution is 0.640. The molecule has 0 bridgehead atoms. The number of hydrogen-bond acceptors (Lipinski definition) is 2. The Morgan fingerprint density at radius 1 is 1.00 bits per heavy atom. The Balaban J connectivity index is 3.07. The molecule has 0 radical (unpaired) electrons. The summed E-state index contributed by atoms with van der Waals surface area (Å²) in [5.41, 5.74) is 0. The standard InChI is InChI=1S/C11H24S2/c1-10(2)11(3)13-9-7-5-4-6-8-12/h10-12H,4-9H2,1-3H3. The molecule has 0 spiro atoms. The van der Waals surface area contributed by atoms with Crippen LogP contribution in [0.4, 0.5) is 0 Å². The van der Waals surface area contributed by atoms with E-state index in [1.807, 2.05) is 0 Å². The molecule has 0 aliphatic rings. The molecular weight excluding hydrogens is 196 g/mol. The lowest BCUT2D eigenvalue weighted by atomic mass is 10.2. The third kappa shape index (κ3) is 9.01. The normalized spacial score (nSPS) is 13.6. The predicted octanol–water partition coefficient (Wildman–Crippen LogP) is 4.25. The van der Waals surface area contributed by atoms with Crippen LogP contribution in [0.15, 0.2) is 0 Å². The second-order valence-corrected chi connectivity index (χ2v) is 5.89. The quantitative estimate of drug-likeness (QED) is 0.471. The fourth-order valence-electron chi connectivity index (χ4n) is 1.03. The van der Waals surface area contributed by atoms with Gasteiger partial charge in [0.15, 0.2) is 0 Å². The number of rotatable bonds is 8. The Kier molecular flexibility index (Phi) is 9.76. The summed E-state index contributed by atoms with van der Waals surface area (Å²) in [5.74, 6) is 3.21. The Labute approximate surface area is 93.7 Å². The molecule has 0 amide bonds. The van der Waals surface area contributed by atoms with Crippen LogP contribution in [0.2, 0.25) is 0 Å². The number of thioether (sulfide) groups is 1. The van der Waals surface area contributed by atoms with Crippen LogP contribution in [0.25, 0.3) is 0 Å². The average molecular weight is 220 g/mol. The SMILES string of the molecule is CC(C)C(C)SCCCCCCS. The lowest BCUT2D eigenvalue weighted by Crippen LogP contribution is -2.06. The minimum Gasteiger partial charge on any atom is -0.179 e. The van der Waals surface area contributed by atoms with E-state index in [-0.39, 0.29) is 0 Å². The van der Waals surface area contributed by atoms with Gasteiger partial charge in [0, 0.05) is 5.25 Å². The van der Waals surface area contributed by atoms with Gasteiger partial charge < -0.3 is 0 Å². The van der Waals surface area contributed by atoms with Gasteiger partial charge in [-0.1, -0.05) is 33.6 Å². The molecule has 80 valence electrons. The third-order valence-electron chi connectivity index (χ3n) is 2.37. The highest BCUT2D eigenvalue weighted by Gasteiger charge is 2.05. The molecule has 2 heteroatoms. The Morgan fingerprint density at radius 2 is 1.62 bits per heavy atom. The molecule has 13 heavy (non-hydrogen) atoms. The smallest absolute Gasteiger partial charge is 0.00417 e. The summed E-state index contributed by atoms with van der Waals surface area (Å²) < 4.78 is 0. The van der Waals surface area contributed by atoms with Crippen LogP contribution in [0.5, 0.6) is 0 Å². The highest BCUT2D eigenvalue weighted by Crippen LogP contribution is 2.20. The molecule has 0 aromatic heterocycles. The van der Waals surface area contributed by atoms with Crippen LogP contribution >= 0.6 is 24.4 Å². The first-order valence-electron chi connectivity index (χ1n) is 5.41. The van der Waals surface area contributed by atoms with Crippen LogP contribution in [-0.2, 0) is 0 Å². The summed E-state index contributed by atoms with van der Waals surface area (Å²) in [7, 11) is 0. The van der Waals surface area contributed by atoms with Crippen LogP contribution in [0.3, 0.4) is 0 Å². The van der Waals surface area contributed by atoms with Crippen molar-refractivity contribution in [2.24, 2.45) is 5.92 Å². The van der Waals surface area contributed by atoms with Crippen molar-refractivity contribution >= 4 is 24.4 Å². The van der Waals surface area contributed by atoms with E-state index in [9.17, 15) is 0 Å². The van der Waals surface area contributed by atoms with Crippen molar-refractivity contribution < 1.29 is 0 Å². The van der Waals surface area contributed by atoms with Gasteiger partial charge in [-0.3, -0.25) is 0 Å². The van der Waals surface area contributed by atoms with E-state index >= 15 is 0 Å². The van der Waals surface area contributed by atoms with Gasteiger partial charge in [0.1, 0.15) is 0 Å². The van der Waals surface area contributed by atoms with Crippen molar-refractivity contribution in [3.63, 3.8) is 0 Å². The van der Waals surface area contributed by atoms with Gasteiger partial charge in [0.05, 0.1) is 0 Å². The zero-order valence-corrected chi connectivity index (χ0v) is 11.0. The molecular formula is C11H24S2. The molecule has 0 N–H and O–H groups in total. The molecule has 0 aromatic carbocycles. The van der Waals surface area contributed by atoms with Crippen LogP contribution < -0.4 is 0 Å². The molecule has 1 unspecified atom stereocenters. The summed E-state index contributed by atoms with van der Waals surface area (Å²) in [4.78, 5) is 0. The zero-order chi connectivity index (χ0) is 10.1. The molecule has 0 rings (SSSR count). The van der Waals surface area contributed by atoms with Crippen LogP contribution in [-0.4, -0.2) is 16.8 Å². The van der Waals surface area contributed by atoms with Crippen molar-refractivity contribution in [1.82, 2.24) is 0 Å². The summed E-state index contributed by atoms with van der Waals surface area (Å²) in [6.07, 6.45) is 5.42. The van der Waals surface area contributed by atoms with Gasteiger partial charge >= 0.3 is 0 Å². The molecule has 0 aliphatic heterocycles. The van der Waals surface area contributed by atoms with Gasteiger partial charge in [-0.2, -0.15) is 24.4 Å². The lowest BCUT2D eigenvalue weighted by Gasteiger charge is -2.14. The second-order valence-electron chi connectivity index (χ2n) is 3.96. The maximum absolute atomic E-state index is 4.20. The highest BCUT2D eigenvalue weighted by molar-refractivity contribution is 7.99. The molecule has 1 atom stereocenters. The fraction of sp³-hybridized carbons (Fsp3) is 1.00. The van der Waals surface area contributed by atoms with Gasteiger partial charge in [0.2, 0.25) is 0 Å². The minimum atomic E-state index is 0.822. The fourth-order valence-corrected chi connectivity index (χ4v) is 2.38. The van der Waals surface area contributed by atoms with Gasteiger partial charge in [-0.05, 0) is 30.3 Å². The summed E-state index contributed by atoms with van der Waals surface area (Å²) >= 11 is 6.32. The van der Waals surface area contributed by atoms with E-state index in [1.54, 1.807) is 0 Å². The van der Waals surface area contributed by atoms with Crippen LogP contribution in [0.1, 0.15) is 46.5 Å². The Hall–Kier alpha value is 0.700. The van der Waals surface area contributed by atoms with Gasteiger partial charge in [-0.15, -0.1) is 0 Å². The van der Waals surface area contributed by atoms with E-state index in [0.717, 1.165) is 16.9 Å². The Bertz CT molecular complexity index is 102. The summed E-state index contributed by atoms with van der Waals surface area (Å²) in [6.45, 7) is 6.94. The summed E-state index contributed by atoms with van der Waals surface area (Å²) in [5, 5.41) is 0.824. The first kappa shape index (κ1) is 13.7. The van der Waals surface area contributed by atoms with Gasteiger partial charge in [0.25, 0.3) is 0 Å². The third-order valence-corrected chi connectivity index (χ3v) is 4.28. The number of thiol groups is 1. The largest absolute Gasteiger partial charge is 0.179 e. The number of unbranched alkanes of at least 4 members (excludes halogenated alkanes) is 3. The maximum Gasteiger partial charge on any atom is 0.00417 e. The maximum atomic E-state index is 4.20. The molecule has 0 fully saturated rings. The molecule has 0 aromatic rings. The first-order chi connectivity index (χ1) is 6.18. The van der Waals surface area contributed by atoms with Crippen molar-refractivity contribution in [3.8, 4) is 0 Å². The van der Waals surface area contributed by atoms with E-state index in [4.69, 9.17) is 0 Å². The molecule has 0 saturated carbocycles. The van der Waals surface area contributed by atoms with E-state index < -0.39 is 0 Å². The van der Waals surface area contributed by atoms with E-state index in [0.29, 0.717) is 0 Å². The van der Waals surface area contributed by atoms with E-state index in [2.05, 4.69) is 45.2 Å². The monoisotopic (exact) mass is 220 g/mol. The molecule has 0 aliphatic carbocycles.